The lowest BCUT2D eigenvalue weighted by Crippen LogP contribution is -2.30. The van der Waals surface area contributed by atoms with E-state index in [-0.39, 0.29) is 5.92 Å². The van der Waals surface area contributed by atoms with Gasteiger partial charge in [-0.1, -0.05) is 39.0 Å². The highest BCUT2D eigenvalue weighted by Crippen LogP contribution is 2.44. The molecule has 0 bridgehead atoms. The van der Waals surface area contributed by atoms with Crippen molar-refractivity contribution in [1.82, 2.24) is 0 Å². The third-order valence-corrected chi connectivity index (χ3v) is 5.07. The molecule has 0 spiro atoms. The van der Waals surface area contributed by atoms with Crippen molar-refractivity contribution in [3.8, 4) is 0 Å². The summed E-state index contributed by atoms with van der Waals surface area (Å²) >= 11 is 0. The van der Waals surface area contributed by atoms with Crippen LogP contribution in [0.2, 0.25) is 0 Å². The maximum atomic E-state index is 11.8. The first kappa shape index (κ1) is 15.9. The van der Waals surface area contributed by atoms with Crippen LogP contribution in [0.15, 0.2) is 24.3 Å². The first-order valence-corrected chi connectivity index (χ1v) is 7.88. The number of carboxylic acid groups (broad SMARTS) is 1. The zero-order chi connectivity index (χ0) is 15.6. The van der Waals surface area contributed by atoms with E-state index in [0.29, 0.717) is 17.0 Å². The maximum absolute atomic E-state index is 11.8. The smallest absolute Gasteiger partial charge is 0.311 e. The number of carbonyl (C=O) groups is 1. The SMILES string of the molecule is CC(C)(C)C1CCC(C(C(=O)O)c2ccccc2N)CC1. The van der Waals surface area contributed by atoms with Crippen LogP contribution in [0.5, 0.6) is 0 Å². The minimum atomic E-state index is -0.743. The van der Waals surface area contributed by atoms with Crippen molar-refractivity contribution in [2.24, 2.45) is 17.3 Å². The quantitative estimate of drug-likeness (QED) is 0.816. The van der Waals surface area contributed by atoms with Crippen LogP contribution in [-0.4, -0.2) is 11.1 Å². The van der Waals surface area contributed by atoms with Crippen molar-refractivity contribution in [1.29, 1.82) is 0 Å². The van der Waals surface area contributed by atoms with Crippen LogP contribution in [0, 0.1) is 17.3 Å². The Kier molecular flexibility index (Phi) is 4.60. The Labute approximate surface area is 127 Å². The van der Waals surface area contributed by atoms with E-state index in [1.807, 2.05) is 18.2 Å². The van der Waals surface area contributed by atoms with E-state index >= 15 is 0 Å². The lowest BCUT2D eigenvalue weighted by molar-refractivity contribution is -0.140. The van der Waals surface area contributed by atoms with Crippen molar-refractivity contribution >= 4 is 11.7 Å². The monoisotopic (exact) mass is 289 g/mol. The molecule has 1 aromatic rings. The van der Waals surface area contributed by atoms with Crippen molar-refractivity contribution in [2.45, 2.75) is 52.4 Å². The van der Waals surface area contributed by atoms with Crippen LogP contribution in [-0.2, 0) is 4.79 Å². The molecular weight excluding hydrogens is 262 g/mol. The fourth-order valence-electron chi connectivity index (χ4n) is 3.70. The van der Waals surface area contributed by atoms with Gasteiger partial charge in [0, 0.05) is 5.69 Å². The van der Waals surface area contributed by atoms with Crippen LogP contribution in [0.3, 0.4) is 0 Å². The summed E-state index contributed by atoms with van der Waals surface area (Å²) in [4.78, 5) is 11.8. The topological polar surface area (TPSA) is 63.3 Å². The predicted molar refractivity (Wildman–Crippen MR) is 86.1 cm³/mol. The third kappa shape index (κ3) is 3.58. The summed E-state index contributed by atoms with van der Waals surface area (Å²) in [6.07, 6.45) is 4.19. The van der Waals surface area contributed by atoms with Crippen LogP contribution < -0.4 is 5.73 Å². The minimum absolute atomic E-state index is 0.200. The number of carboxylic acids is 1. The van der Waals surface area contributed by atoms with Crippen LogP contribution in [0.25, 0.3) is 0 Å². The van der Waals surface area contributed by atoms with Gasteiger partial charge in [-0.05, 0) is 54.6 Å². The van der Waals surface area contributed by atoms with Gasteiger partial charge in [0.15, 0.2) is 0 Å². The van der Waals surface area contributed by atoms with Gasteiger partial charge in [-0.2, -0.15) is 0 Å². The first-order chi connectivity index (χ1) is 9.80. The third-order valence-electron chi connectivity index (χ3n) is 5.07. The fourth-order valence-corrected chi connectivity index (χ4v) is 3.70. The summed E-state index contributed by atoms with van der Waals surface area (Å²) in [6.45, 7) is 6.84. The van der Waals surface area contributed by atoms with E-state index in [1.165, 1.54) is 0 Å². The molecule has 3 nitrogen and oxygen atoms in total. The van der Waals surface area contributed by atoms with Gasteiger partial charge in [0.25, 0.3) is 0 Å². The summed E-state index contributed by atoms with van der Waals surface area (Å²) in [7, 11) is 0. The average molecular weight is 289 g/mol. The number of para-hydroxylation sites is 1. The van der Waals surface area contributed by atoms with Gasteiger partial charge >= 0.3 is 5.97 Å². The maximum Gasteiger partial charge on any atom is 0.311 e. The van der Waals surface area contributed by atoms with Crippen molar-refractivity contribution in [3.63, 3.8) is 0 Å². The lowest BCUT2D eigenvalue weighted by Gasteiger charge is -2.38. The predicted octanol–water partition coefficient (Wildman–Crippen LogP) is 4.29. The molecule has 0 heterocycles. The molecule has 21 heavy (non-hydrogen) atoms. The summed E-state index contributed by atoms with van der Waals surface area (Å²) in [5, 5.41) is 9.67. The summed E-state index contributed by atoms with van der Waals surface area (Å²) in [5.41, 5.74) is 7.70. The first-order valence-electron chi connectivity index (χ1n) is 7.88. The molecule has 0 saturated heterocycles. The number of anilines is 1. The zero-order valence-corrected chi connectivity index (χ0v) is 13.3. The van der Waals surface area contributed by atoms with Crippen molar-refractivity contribution < 1.29 is 9.90 Å². The molecule has 0 radical (unpaired) electrons. The highest BCUT2D eigenvalue weighted by Gasteiger charge is 2.36. The number of hydrogen-bond donors (Lipinski definition) is 2. The van der Waals surface area contributed by atoms with Gasteiger partial charge in [0.05, 0.1) is 5.92 Å². The van der Waals surface area contributed by atoms with E-state index in [1.54, 1.807) is 6.07 Å². The average Bonchev–Trinajstić information content (AvgIpc) is 2.40. The van der Waals surface area contributed by atoms with E-state index in [4.69, 9.17) is 5.73 Å². The summed E-state index contributed by atoms with van der Waals surface area (Å²) in [5.74, 6) is -0.318. The van der Waals surface area contributed by atoms with Crippen molar-refractivity contribution in [2.75, 3.05) is 5.73 Å². The van der Waals surface area contributed by atoms with E-state index in [0.717, 1.165) is 31.2 Å². The molecule has 1 aromatic carbocycles. The second-order valence-electron chi connectivity index (χ2n) is 7.42. The molecule has 1 aliphatic carbocycles. The number of nitrogen functional groups attached to an aromatic ring is 1. The zero-order valence-electron chi connectivity index (χ0n) is 13.3. The molecule has 0 aliphatic heterocycles. The van der Waals surface area contributed by atoms with Crippen molar-refractivity contribution in [3.05, 3.63) is 29.8 Å². The summed E-state index contributed by atoms with van der Waals surface area (Å²) < 4.78 is 0. The molecule has 0 amide bonds. The number of nitrogens with two attached hydrogens (primary N) is 1. The van der Waals surface area contributed by atoms with E-state index in [2.05, 4.69) is 20.8 Å². The van der Waals surface area contributed by atoms with Gasteiger partial charge in [0.1, 0.15) is 0 Å². The number of hydrogen-bond acceptors (Lipinski definition) is 2. The molecular formula is C18H27NO2. The Morgan fingerprint density at radius 3 is 2.24 bits per heavy atom. The Morgan fingerprint density at radius 1 is 1.19 bits per heavy atom. The molecule has 1 saturated carbocycles. The largest absolute Gasteiger partial charge is 0.481 e. The normalized spacial score (nSPS) is 24.5. The molecule has 2 rings (SSSR count). The van der Waals surface area contributed by atoms with Gasteiger partial charge in [-0.15, -0.1) is 0 Å². The highest BCUT2D eigenvalue weighted by molar-refractivity contribution is 5.79. The van der Waals surface area contributed by atoms with Crippen LogP contribution in [0.1, 0.15) is 57.9 Å². The lowest BCUT2D eigenvalue weighted by atomic mass is 9.66. The van der Waals surface area contributed by atoms with Gasteiger partial charge < -0.3 is 10.8 Å². The Bertz CT molecular complexity index is 496. The molecule has 1 fully saturated rings. The van der Waals surface area contributed by atoms with E-state index in [9.17, 15) is 9.90 Å². The Hall–Kier alpha value is -1.51. The number of aliphatic carboxylic acids is 1. The molecule has 3 heteroatoms. The molecule has 0 aromatic heterocycles. The molecule has 1 aliphatic rings. The minimum Gasteiger partial charge on any atom is -0.481 e. The van der Waals surface area contributed by atoms with E-state index < -0.39 is 11.9 Å². The highest BCUT2D eigenvalue weighted by atomic mass is 16.4. The fraction of sp³-hybridized carbons (Fsp3) is 0.611. The van der Waals surface area contributed by atoms with Gasteiger partial charge in [0.2, 0.25) is 0 Å². The second kappa shape index (κ2) is 6.08. The molecule has 1 atom stereocenters. The Morgan fingerprint density at radius 2 is 1.76 bits per heavy atom. The summed E-state index contributed by atoms with van der Waals surface area (Å²) in [6, 6.07) is 7.40. The van der Waals surface area contributed by atoms with Gasteiger partial charge in [-0.25, -0.2) is 0 Å². The molecule has 1 unspecified atom stereocenters. The Balaban J connectivity index is 2.15. The standard InChI is InChI=1S/C18H27NO2/c1-18(2,3)13-10-8-12(9-11-13)16(17(20)21)14-6-4-5-7-15(14)19/h4-7,12-13,16H,8-11,19H2,1-3H3,(H,20,21). The number of rotatable bonds is 3. The molecule has 116 valence electrons. The molecule has 3 N–H and O–H groups in total. The van der Waals surface area contributed by atoms with Crippen LogP contribution in [0.4, 0.5) is 5.69 Å². The second-order valence-corrected chi connectivity index (χ2v) is 7.42. The van der Waals surface area contributed by atoms with Crippen LogP contribution >= 0.6 is 0 Å². The number of benzene rings is 1. The van der Waals surface area contributed by atoms with Gasteiger partial charge in [-0.3, -0.25) is 4.79 Å².